The molecule has 3 unspecified atom stereocenters. The molecule has 1 aromatic rings. The molecule has 17 heavy (non-hydrogen) atoms. The molecule has 2 N–H and O–H groups in total. The van der Waals surface area contributed by atoms with Gasteiger partial charge in [-0.25, -0.2) is 0 Å². The Bertz CT molecular complexity index is 375. The Balaban J connectivity index is 1.85. The second-order valence-electron chi connectivity index (χ2n) is 5.31. The molecule has 0 aromatic carbocycles. The van der Waals surface area contributed by atoms with E-state index in [0.717, 1.165) is 31.5 Å². The maximum atomic E-state index is 9.49. The van der Waals surface area contributed by atoms with Crippen LogP contribution in [0, 0.1) is 12.8 Å². The third-order valence-electron chi connectivity index (χ3n) is 3.74. The van der Waals surface area contributed by atoms with Gasteiger partial charge in [-0.1, -0.05) is 0 Å². The van der Waals surface area contributed by atoms with Gasteiger partial charge in [0, 0.05) is 24.8 Å². The van der Waals surface area contributed by atoms with Gasteiger partial charge in [0.05, 0.1) is 11.8 Å². The quantitative estimate of drug-likeness (QED) is 0.835. The molecule has 96 valence electrons. The maximum absolute atomic E-state index is 9.49. The monoisotopic (exact) mass is 237 g/mol. The molecule has 1 heterocycles. The maximum Gasteiger partial charge on any atom is 0.0641 e. The largest absolute Gasteiger partial charge is 0.393 e. The molecule has 2 rings (SSSR count). The fourth-order valence-electron chi connectivity index (χ4n) is 2.73. The average molecular weight is 237 g/mol. The molecular weight excluding hydrogens is 214 g/mol. The summed E-state index contributed by atoms with van der Waals surface area (Å²) in [5.41, 5.74) is 2.37. The number of aromatic nitrogens is 2. The lowest BCUT2D eigenvalue weighted by molar-refractivity contribution is 0.177. The highest BCUT2D eigenvalue weighted by molar-refractivity contribution is 5.19. The molecule has 0 radical (unpaired) electrons. The summed E-state index contributed by atoms with van der Waals surface area (Å²) in [5.74, 6) is 0.629. The number of hydrogen-bond acceptors (Lipinski definition) is 3. The molecular formula is C13H23N3O. The predicted molar refractivity (Wildman–Crippen MR) is 67.7 cm³/mol. The normalized spacial score (nSPS) is 26.4. The van der Waals surface area contributed by atoms with Crippen LogP contribution < -0.4 is 5.32 Å². The van der Waals surface area contributed by atoms with Gasteiger partial charge in [-0.2, -0.15) is 5.10 Å². The second-order valence-corrected chi connectivity index (χ2v) is 5.31. The topological polar surface area (TPSA) is 50.1 Å². The van der Waals surface area contributed by atoms with E-state index in [1.807, 2.05) is 18.7 Å². The van der Waals surface area contributed by atoms with Crippen LogP contribution in [0.2, 0.25) is 0 Å². The van der Waals surface area contributed by atoms with E-state index in [9.17, 15) is 5.11 Å². The first-order valence-corrected chi connectivity index (χ1v) is 6.48. The van der Waals surface area contributed by atoms with Gasteiger partial charge in [0.1, 0.15) is 0 Å². The van der Waals surface area contributed by atoms with E-state index in [4.69, 9.17) is 0 Å². The van der Waals surface area contributed by atoms with Gasteiger partial charge in [0.15, 0.2) is 0 Å². The van der Waals surface area contributed by atoms with Crippen LogP contribution in [0.15, 0.2) is 6.20 Å². The first-order valence-electron chi connectivity index (χ1n) is 6.48. The van der Waals surface area contributed by atoms with Gasteiger partial charge < -0.3 is 10.4 Å². The highest BCUT2D eigenvalue weighted by Crippen LogP contribution is 2.25. The Hall–Kier alpha value is -0.870. The van der Waals surface area contributed by atoms with Crippen molar-refractivity contribution in [2.45, 2.75) is 45.3 Å². The molecule has 0 spiro atoms. The van der Waals surface area contributed by atoms with Crippen LogP contribution in [-0.4, -0.2) is 27.5 Å². The van der Waals surface area contributed by atoms with Crippen molar-refractivity contribution in [1.82, 2.24) is 15.1 Å². The van der Waals surface area contributed by atoms with Gasteiger partial charge in [0.2, 0.25) is 0 Å². The first kappa shape index (κ1) is 12.6. The summed E-state index contributed by atoms with van der Waals surface area (Å²) < 4.78 is 1.86. The average Bonchev–Trinajstić information content (AvgIpc) is 2.81. The van der Waals surface area contributed by atoms with Crippen molar-refractivity contribution < 1.29 is 5.11 Å². The molecule has 0 saturated heterocycles. The zero-order valence-corrected chi connectivity index (χ0v) is 11.0. The van der Waals surface area contributed by atoms with E-state index in [1.54, 1.807) is 0 Å². The van der Waals surface area contributed by atoms with Crippen LogP contribution in [0.25, 0.3) is 0 Å². The first-order chi connectivity index (χ1) is 8.06. The molecule has 0 aliphatic heterocycles. The minimum absolute atomic E-state index is 0.0720. The summed E-state index contributed by atoms with van der Waals surface area (Å²) in [7, 11) is 1.95. The summed E-state index contributed by atoms with van der Waals surface area (Å²) in [6.07, 6.45) is 5.07. The van der Waals surface area contributed by atoms with Gasteiger partial charge in [-0.05, 0) is 45.6 Å². The molecule has 0 bridgehead atoms. The predicted octanol–water partition coefficient (Wildman–Crippen LogP) is 1.54. The van der Waals surface area contributed by atoms with E-state index in [0.29, 0.717) is 12.0 Å². The number of aliphatic hydroxyl groups is 1. The molecule has 1 saturated carbocycles. The van der Waals surface area contributed by atoms with Gasteiger partial charge >= 0.3 is 0 Å². The Morgan fingerprint density at radius 1 is 1.59 bits per heavy atom. The smallest absolute Gasteiger partial charge is 0.0641 e. The number of aryl methyl sites for hydroxylation is 2. The lowest BCUT2D eigenvalue weighted by Crippen LogP contribution is -2.25. The van der Waals surface area contributed by atoms with Crippen LogP contribution in [0.1, 0.15) is 43.5 Å². The molecule has 0 amide bonds. The van der Waals surface area contributed by atoms with Crippen LogP contribution in [0.3, 0.4) is 0 Å². The van der Waals surface area contributed by atoms with Crippen LogP contribution >= 0.6 is 0 Å². The second kappa shape index (κ2) is 5.19. The van der Waals surface area contributed by atoms with Gasteiger partial charge in [-0.15, -0.1) is 0 Å². The molecule has 4 nitrogen and oxygen atoms in total. The highest BCUT2D eigenvalue weighted by Gasteiger charge is 2.23. The number of nitrogens with one attached hydrogen (secondary N) is 1. The minimum Gasteiger partial charge on any atom is -0.393 e. The highest BCUT2D eigenvalue weighted by atomic mass is 16.3. The van der Waals surface area contributed by atoms with Crippen molar-refractivity contribution in [3.8, 4) is 0 Å². The number of hydrogen-bond donors (Lipinski definition) is 2. The van der Waals surface area contributed by atoms with Crippen molar-refractivity contribution in [1.29, 1.82) is 0 Å². The van der Waals surface area contributed by atoms with E-state index < -0.39 is 0 Å². The minimum atomic E-state index is -0.0720. The number of nitrogens with zero attached hydrogens (tertiary/aromatic N) is 2. The van der Waals surface area contributed by atoms with E-state index in [-0.39, 0.29) is 6.10 Å². The number of rotatable bonds is 4. The van der Waals surface area contributed by atoms with Crippen molar-refractivity contribution in [2.24, 2.45) is 13.0 Å². The molecule has 3 atom stereocenters. The van der Waals surface area contributed by atoms with E-state index in [2.05, 4.69) is 23.5 Å². The fourth-order valence-corrected chi connectivity index (χ4v) is 2.73. The Kier molecular flexibility index (Phi) is 3.84. The van der Waals surface area contributed by atoms with Crippen molar-refractivity contribution in [3.63, 3.8) is 0 Å². The lowest BCUT2D eigenvalue weighted by atomic mass is 10.1. The summed E-state index contributed by atoms with van der Waals surface area (Å²) in [6, 6.07) is 0.335. The fraction of sp³-hybridized carbons (Fsp3) is 0.769. The van der Waals surface area contributed by atoms with Gasteiger partial charge in [0.25, 0.3) is 0 Å². The van der Waals surface area contributed by atoms with Crippen molar-refractivity contribution in [2.75, 3.05) is 6.54 Å². The summed E-state index contributed by atoms with van der Waals surface area (Å²) in [5, 5.41) is 17.4. The van der Waals surface area contributed by atoms with Crippen LogP contribution in [0.5, 0.6) is 0 Å². The Morgan fingerprint density at radius 3 is 2.88 bits per heavy atom. The number of aliphatic hydroxyl groups excluding tert-OH is 1. The molecule has 1 aromatic heterocycles. The van der Waals surface area contributed by atoms with Crippen LogP contribution in [-0.2, 0) is 7.05 Å². The summed E-state index contributed by atoms with van der Waals surface area (Å²) in [4.78, 5) is 0. The Labute approximate surface area is 103 Å². The van der Waals surface area contributed by atoms with Crippen molar-refractivity contribution >= 4 is 0 Å². The summed E-state index contributed by atoms with van der Waals surface area (Å²) in [6.45, 7) is 5.22. The van der Waals surface area contributed by atoms with Gasteiger partial charge in [-0.3, -0.25) is 4.68 Å². The zero-order valence-electron chi connectivity index (χ0n) is 11.0. The molecule has 1 aliphatic rings. The van der Waals surface area contributed by atoms with E-state index >= 15 is 0 Å². The van der Waals surface area contributed by atoms with E-state index in [1.165, 1.54) is 5.56 Å². The standard InChI is InChI=1S/C13H23N3O/c1-9(13-8-16(3)15-10(13)2)14-7-11-4-5-12(17)6-11/h8-9,11-12,14,17H,4-7H2,1-3H3. The molecule has 1 aliphatic carbocycles. The third-order valence-corrected chi connectivity index (χ3v) is 3.74. The lowest BCUT2D eigenvalue weighted by Gasteiger charge is -2.16. The Morgan fingerprint density at radius 2 is 2.35 bits per heavy atom. The zero-order chi connectivity index (χ0) is 12.4. The molecule has 4 heteroatoms. The third kappa shape index (κ3) is 3.07. The molecule has 1 fully saturated rings. The SMILES string of the molecule is Cc1nn(C)cc1C(C)NCC1CCC(O)C1. The van der Waals surface area contributed by atoms with Crippen LogP contribution in [0.4, 0.5) is 0 Å². The summed E-state index contributed by atoms with van der Waals surface area (Å²) >= 11 is 0. The van der Waals surface area contributed by atoms with Crippen molar-refractivity contribution in [3.05, 3.63) is 17.5 Å².